The summed E-state index contributed by atoms with van der Waals surface area (Å²) < 4.78 is 0. The number of rotatable bonds is 3. The number of hydrogen-bond acceptors (Lipinski definition) is 3. The SMILES string of the molecule is C[C@H]1C(c2ccccc2)c2ccccc2CN1c1ccc([N+](=O)[O-])cc1. The van der Waals surface area contributed by atoms with Gasteiger partial charge < -0.3 is 4.90 Å². The van der Waals surface area contributed by atoms with Crippen molar-refractivity contribution in [3.63, 3.8) is 0 Å². The number of benzene rings is 3. The molecular formula is C22H20N2O2. The molecule has 2 atom stereocenters. The van der Waals surface area contributed by atoms with E-state index in [2.05, 4.69) is 60.4 Å². The number of non-ortho nitro benzene ring substituents is 1. The van der Waals surface area contributed by atoms with Crippen LogP contribution in [0.3, 0.4) is 0 Å². The highest BCUT2D eigenvalue weighted by atomic mass is 16.6. The van der Waals surface area contributed by atoms with Gasteiger partial charge in [0.25, 0.3) is 5.69 Å². The highest BCUT2D eigenvalue weighted by Gasteiger charge is 2.33. The fraction of sp³-hybridized carbons (Fsp3) is 0.182. The molecule has 4 heteroatoms. The predicted molar refractivity (Wildman–Crippen MR) is 103 cm³/mol. The van der Waals surface area contributed by atoms with Crippen LogP contribution in [0.5, 0.6) is 0 Å². The van der Waals surface area contributed by atoms with E-state index in [4.69, 9.17) is 0 Å². The summed E-state index contributed by atoms with van der Waals surface area (Å²) in [6.07, 6.45) is 0. The monoisotopic (exact) mass is 344 g/mol. The van der Waals surface area contributed by atoms with Gasteiger partial charge >= 0.3 is 0 Å². The molecular weight excluding hydrogens is 324 g/mol. The second kappa shape index (κ2) is 6.64. The van der Waals surface area contributed by atoms with Crippen molar-refractivity contribution >= 4 is 11.4 Å². The number of fused-ring (bicyclic) bond motifs is 1. The fourth-order valence-electron chi connectivity index (χ4n) is 3.96. The summed E-state index contributed by atoms with van der Waals surface area (Å²) in [5.74, 6) is 0.261. The van der Waals surface area contributed by atoms with Gasteiger partial charge in [-0.25, -0.2) is 0 Å². The summed E-state index contributed by atoms with van der Waals surface area (Å²) in [6, 6.07) is 26.2. The van der Waals surface area contributed by atoms with E-state index in [9.17, 15) is 10.1 Å². The van der Waals surface area contributed by atoms with E-state index in [0.29, 0.717) is 0 Å². The molecule has 3 aromatic carbocycles. The normalized spacial score (nSPS) is 19.0. The minimum atomic E-state index is -0.356. The summed E-state index contributed by atoms with van der Waals surface area (Å²) in [6.45, 7) is 3.04. The highest BCUT2D eigenvalue weighted by Crippen LogP contribution is 2.40. The standard InChI is InChI=1S/C22H20N2O2/c1-16-22(17-7-3-2-4-8-17)21-10-6-5-9-18(21)15-23(16)19-11-13-20(14-12-19)24(25)26/h2-14,16,22H,15H2,1H3/t16-,22?/m0/s1. The van der Waals surface area contributed by atoms with Gasteiger partial charge in [-0.3, -0.25) is 10.1 Å². The Morgan fingerprint density at radius 3 is 2.27 bits per heavy atom. The summed E-state index contributed by atoms with van der Waals surface area (Å²) in [7, 11) is 0. The van der Waals surface area contributed by atoms with Gasteiger partial charge in [0.1, 0.15) is 0 Å². The minimum Gasteiger partial charge on any atom is -0.364 e. The van der Waals surface area contributed by atoms with Crippen molar-refractivity contribution in [2.45, 2.75) is 25.4 Å². The molecule has 0 amide bonds. The van der Waals surface area contributed by atoms with Crippen LogP contribution in [-0.4, -0.2) is 11.0 Å². The van der Waals surface area contributed by atoms with E-state index in [-0.39, 0.29) is 22.6 Å². The Hall–Kier alpha value is -3.14. The topological polar surface area (TPSA) is 46.4 Å². The molecule has 0 N–H and O–H groups in total. The number of nitro benzene ring substituents is 1. The second-order valence-corrected chi connectivity index (χ2v) is 6.73. The molecule has 1 aliphatic rings. The van der Waals surface area contributed by atoms with Gasteiger partial charge in [0.2, 0.25) is 0 Å². The molecule has 3 aromatic rings. The number of hydrogen-bond donors (Lipinski definition) is 0. The van der Waals surface area contributed by atoms with Crippen LogP contribution in [0.1, 0.15) is 29.5 Å². The van der Waals surface area contributed by atoms with Crippen LogP contribution < -0.4 is 4.90 Å². The van der Waals surface area contributed by atoms with Crippen molar-refractivity contribution in [3.05, 3.63) is 106 Å². The van der Waals surface area contributed by atoms with Gasteiger partial charge in [-0.1, -0.05) is 54.6 Å². The Morgan fingerprint density at radius 2 is 1.58 bits per heavy atom. The molecule has 0 fully saturated rings. The van der Waals surface area contributed by atoms with Gasteiger partial charge in [0.05, 0.1) is 4.92 Å². The average Bonchev–Trinajstić information content (AvgIpc) is 2.68. The molecule has 0 saturated carbocycles. The molecule has 0 saturated heterocycles. The maximum atomic E-state index is 10.9. The van der Waals surface area contributed by atoms with Crippen LogP contribution in [0.25, 0.3) is 0 Å². The summed E-state index contributed by atoms with van der Waals surface area (Å²) >= 11 is 0. The Labute approximate surface area is 152 Å². The van der Waals surface area contributed by atoms with Crippen molar-refractivity contribution in [1.29, 1.82) is 0 Å². The molecule has 0 radical (unpaired) electrons. The largest absolute Gasteiger partial charge is 0.364 e. The lowest BCUT2D eigenvalue weighted by atomic mass is 9.79. The van der Waals surface area contributed by atoms with E-state index >= 15 is 0 Å². The first-order chi connectivity index (χ1) is 12.6. The van der Waals surface area contributed by atoms with Crippen LogP contribution in [0.4, 0.5) is 11.4 Å². The third kappa shape index (κ3) is 2.84. The van der Waals surface area contributed by atoms with Crippen LogP contribution >= 0.6 is 0 Å². The summed E-state index contributed by atoms with van der Waals surface area (Å²) in [5.41, 5.74) is 5.10. The molecule has 0 aromatic heterocycles. The van der Waals surface area contributed by atoms with Crippen LogP contribution in [0, 0.1) is 10.1 Å². The lowest BCUT2D eigenvalue weighted by molar-refractivity contribution is -0.384. The van der Waals surface area contributed by atoms with Gasteiger partial charge in [-0.15, -0.1) is 0 Å². The van der Waals surface area contributed by atoms with Crippen molar-refractivity contribution in [2.24, 2.45) is 0 Å². The first kappa shape index (κ1) is 16.3. The first-order valence-corrected chi connectivity index (χ1v) is 8.79. The van der Waals surface area contributed by atoms with E-state index < -0.39 is 0 Å². The lowest BCUT2D eigenvalue weighted by Crippen LogP contribution is -2.42. The van der Waals surface area contributed by atoms with E-state index in [1.807, 2.05) is 18.2 Å². The van der Waals surface area contributed by atoms with Crippen LogP contribution in [0.2, 0.25) is 0 Å². The quantitative estimate of drug-likeness (QED) is 0.488. The molecule has 1 heterocycles. The smallest absolute Gasteiger partial charge is 0.269 e. The Kier molecular flexibility index (Phi) is 4.17. The molecule has 4 rings (SSSR count). The van der Waals surface area contributed by atoms with Crippen molar-refractivity contribution in [3.8, 4) is 0 Å². The van der Waals surface area contributed by atoms with Gasteiger partial charge in [0.15, 0.2) is 0 Å². The van der Waals surface area contributed by atoms with Crippen molar-refractivity contribution in [2.75, 3.05) is 4.90 Å². The predicted octanol–water partition coefficient (Wildman–Crippen LogP) is 5.14. The summed E-state index contributed by atoms with van der Waals surface area (Å²) in [4.78, 5) is 12.9. The zero-order valence-corrected chi connectivity index (χ0v) is 14.6. The number of nitrogens with zero attached hydrogens (tertiary/aromatic N) is 2. The molecule has 4 nitrogen and oxygen atoms in total. The zero-order chi connectivity index (χ0) is 18.1. The minimum absolute atomic E-state index is 0.124. The molecule has 0 bridgehead atoms. The molecule has 1 aliphatic heterocycles. The highest BCUT2D eigenvalue weighted by molar-refractivity contribution is 5.56. The lowest BCUT2D eigenvalue weighted by Gasteiger charge is -2.42. The number of nitro groups is 1. The molecule has 130 valence electrons. The average molecular weight is 344 g/mol. The molecule has 0 aliphatic carbocycles. The van der Waals surface area contributed by atoms with Gasteiger partial charge in [0, 0.05) is 36.3 Å². The third-order valence-corrected chi connectivity index (χ3v) is 5.26. The maximum Gasteiger partial charge on any atom is 0.269 e. The van der Waals surface area contributed by atoms with Gasteiger partial charge in [-0.05, 0) is 35.7 Å². The Balaban J connectivity index is 1.77. The maximum absolute atomic E-state index is 10.9. The van der Waals surface area contributed by atoms with E-state index in [1.54, 1.807) is 12.1 Å². The van der Waals surface area contributed by atoms with Crippen molar-refractivity contribution < 1.29 is 4.92 Å². The van der Waals surface area contributed by atoms with Crippen molar-refractivity contribution in [1.82, 2.24) is 0 Å². The molecule has 1 unspecified atom stereocenters. The van der Waals surface area contributed by atoms with Crippen LogP contribution in [0.15, 0.2) is 78.9 Å². The van der Waals surface area contributed by atoms with Crippen LogP contribution in [-0.2, 0) is 6.54 Å². The van der Waals surface area contributed by atoms with E-state index in [0.717, 1.165) is 12.2 Å². The molecule has 26 heavy (non-hydrogen) atoms. The fourth-order valence-corrected chi connectivity index (χ4v) is 3.96. The van der Waals surface area contributed by atoms with E-state index in [1.165, 1.54) is 16.7 Å². The zero-order valence-electron chi connectivity index (χ0n) is 14.6. The molecule has 0 spiro atoms. The third-order valence-electron chi connectivity index (χ3n) is 5.26. The second-order valence-electron chi connectivity index (χ2n) is 6.73. The number of anilines is 1. The Morgan fingerprint density at radius 1 is 0.923 bits per heavy atom. The Bertz CT molecular complexity index is 922. The summed E-state index contributed by atoms with van der Waals surface area (Å²) in [5, 5.41) is 10.9. The van der Waals surface area contributed by atoms with Gasteiger partial charge in [-0.2, -0.15) is 0 Å². The first-order valence-electron chi connectivity index (χ1n) is 8.79.